The second-order valence-corrected chi connectivity index (χ2v) is 34.9. The molecule has 4 bridgehead atoms. The van der Waals surface area contributed by atoms with Gasteiger partial charge in [-0.3, -0.25) is 4.79 Å². The molecule has 0 radical (unpaired) electrons. The Kier molecular flexibility index (Phi) is 24.0. The average molecular weight is 1510 g/mol. The van der Waals surface area contributed by atoms with Gasteiger partial charge in [0.15, 0.2) is 5.78 Å². The van der Waals surface area contributed by atoms with Gasteiger partial charge in [-0.05, 0) is 334 Å². The highest BCUT2D eigenvalue weighted by atomic mass is 16.5. The Labute approximate surface area is 676 Å². The fourth-order valence-corrected chi connectivity index (χ4v) is 18.9. The topological polar surface area (TPSA) is 72.5 Å². The molecule has 7 nitrogen and oxygen atoms in total. The van der Waals surface area contributed by atoms with Crippen molar-refractivity contribution in [2.45, 2.75) is 180 Å². The van der Waals surface area contributed by atoms with E-state index in [1.54, 1.807) is 0 Å². The zero-order chi connectivity index (χ0) is 78.2. The predicted molar refractivity (Wildman–Crippen MR) is 470 cm³/mol. The average Bonchev–Trinajstić information content (AvgIpc) is 1.92. The van der Waals surface area contributed by atoms with E-state index in [1.165, 1.54) is 106 Å². The molecule has 114 heavy (non-hydrogen) atoms. The zero-order valence-corrected chi connectivity index (χ0v) is 67.9. The van der Waals surface area contributed by atoms with Gasteiger partial charge in [0.1, 0.15) is 58.2 Å². The van der Waals surface area contributed by atoms with Crippen LogP contribution < -0.4 is 28.4 Å². The minimum atomic E-state index is 0.0125. The highest BCUT2D eigenvalue weighted by molar-refractivity contribution is 6.12. The van der Waals surface area contributed by atoms with Crippen LogP contribution in [0.5, 0.6) is 46.0 Å². The van der Waals surface area contributed by atoms with E-state index in [1.807, 2.05) is 66.7 Å². The van der Waals surface area contributed by atoms with Gasteiger partial charge in [-0.15, -0.1) is 0 Å². The molecule has 0 spiro atoms. The first kappa shape index (κ1) is 77.3. The predicted octanol–water partition coefficient (Wildman–Crippen LogP) is 28.9. The lowest BCUT2D eigenvalue weighted by atomic mass is 9.79. The van der Waals surface area contributed by atoms with Crippen LogP contribution in [0.25, 0.3) is 43.1 Å². The third-order valence-corrected chi connectivity index (χ3v) is 25.4. The maximum Gasteiger partial charge on any atom is 0.193 e. The van der Waals surface area contributed by atoms with E-state index in [0.29, 0.717) is 70.7 Å². The van der Waals surface area contributed by atoms with Crippen LogP contribution in [-0.4, -0.2) is 31.2 Å². The molecule has 17 rings (SSSR count). The van der Waals surface area contributed by atoms with Crippen LogP contribution >= 0.6 is 0 Å². The van der Waals surface area contributed by atoms with Crippen molar-refractivity contribution in [2.75, 3.05) is 13.2 Å². The fourth-order valence-electron chi connectivity index (χ4n) is 18.9. The summed E-state index contributed by atoms with van der Waals surface area (Å²) in [6.45, 7) is 19.6. The molecule has 4 aliphatic rings. The van der Waals surface area contributed by atoms with E-state index >= 15 is 0 Å². The van der Waals surface area contributed by atoms with Crippen LogP contribution in [0.2, 0.25) is 0 Å². The highest BCUT2D eigenvalue weighted by Crippen LogP contribution is 2.49. The Balaban J connectivity index is 0.000000173. The van der Waals surface area contributed by atoms with Crippen molar-refractivity contribution in [3.63, 3.8) is 0 Å². The molecular weight excluding hydrogens is 1400 g/mol. The number of ether oxygens (including phenoxy) is 6. The molecule has 4 aliphatic carbocycles. The number of carbonyl (C=O) groups is 1. The molecule has 7 heteroatoms. The summed E-state index contributed by atoms with van der Waals surface area (Å²) in [5.41, 5.74) is 9.44. The van der Waals surface area contributed by atoms with Gasteiger partial charge in [0.05, 0.1) is 13.2 Å². The first-order valence-corrected chi connectivity index (χ1v) is 42.6. The van der Waals surface area contributed by atoms with E-state index in [2.05, 4.69) is 268 Å². The standard InChI is InChI=1S/C57H58O4.C50H54O3/c1-37(2)36-59-52-22-15-41(16-23-52)38(3)29-50(45-19-26-54(27-20-45)61-56-32-40-9-10-47(56)31-40)30-39(4)42-17-24-53(25-18-42)60-55-28-21-44-12-14-49(34-51(44)35-55)57(58)48-13-11-43-7-5-6-8-46(43)33-48;1-33(2)32-51-44-19-13-37(14-20-44)34(3)27-43(39-17-23-46(24-18-39)53-50-30-36-9-10-42(50)29-36)28-35(4)38-15-21-45(22-16-38)52-47-25-26-49-41(31-47)12-11-40-7-5-6-8-48(40)49/h5-8,11-28,33-35,37-40,47,50,56H,9-10,29-32,36H2,1-4H3;5-8,11-26,31,33-36,42-43,50H,9-10,27-30,32H2,1-4H3. The first-order valence-electron chi connectivity index (χ1n) is 42.6. The van der Waals surface area contributed by atoms with Crippen molar-refractivity contribution in [1.82, 2.24) is 0 Å². The van der Waals surface area contributed by atoms with Gasteiger partial charge in [0.2, 0.25) is 0 Å². The Bertz CT molecular complexity index is 5380. The van der Waals surface area contributed by atoms with Crippen molar-refractivity contribution in [3.05, 3.63) is 324 Å². The summed E-state index contributed by atoms with van der Waals surface area (Å²) in [6.07, 6.45) is 15.6. The number of carbonyl (C=O) groups excluding carboxylic acids is 1. The lowest BCUT2D eigenvalue weighted by Gasteiger charge is -2.26. The van der Waals surface area contributed by atoms with Crippen molar-refractivity contribution >= 4 is 48.9 Å². The van der Waals surface area contributed by atoms with Crippen LogP contribution in [0, 0.1) is 35.5 Å². The minimum Gasteiger partial charge on any atom is -0.493 e. The molecule has 12 unspecified atom stereocenters. The van der Waals surface area contributed by atoms with Gasteiger partial charge in [-0.2, -0.15) is 0 Å². The summed E-state index contributed by atoms with van der Waals surface area (Å²) >= 11 is 0. The van der Waals surface area contributed by atoms with Gasteiger partial charge < -0.3 is 28.4 Å². The number of ketones is 1. The van der Waals surface area contributed by atoms with Gasteiger partial charge in [-0.25, -0.2) is 0 Å². The summed E-state index contributed by atoms with van der Waals surface area (Å²) in [6, 6.07) is 98.3. The van der Waals surface area contributed by atoms with E-state index in [-0.39, 0.29) is 5.78 Å². The second kappa shape index (κ2) is 35.4. The van der Waals surface area contributed by atoms with Gasteiger partial charge >= 0.3 is 0 Å². The largest absolute Gasteiger partial charge is 0.493 e. The van der Waals surface area contributed by atoms with Crippen molar-refractivity contribution in [1.29, 1.82) is 0 Å². The van der Waals surface area contributed by atoms with Crippen molar-refractivity contribution in [3.8, 4) is 46.0 Å². The van der Waals surface area contributed by atoms with E-state index in [0.717, 1.165) is 130 Å². The monoisotopic (exact) mass is 1510 g/mol. The number of fused-ring (bicyclic) bond motifs is 9. The first-order chi connectivity index (χ1) is 55.5. The molecule has 4 fully saturated rings. The SMILES string of the molecule is CC(C)COc1ccc(C(C)CC(CC(C)c2ccc(Oc3ccc4c(ccc5ccccc54)c3)cc2)c2ccc(OC3CC4CCC3C4)cc2)cc1.CC(C)COc1ccc(C(C)CC(CC(C)c2ccc(Oc3ccc4ccc(C(=O)c5ccc6ccccc6c5)cc4c3)cc2)c2ccc(OC3CC4CCC3C4)cc2)cc1. The Morgan fingerprint density at radius 1 is 0.298 bits per heavy atom. The summed E-state index contributed by atoms with van der Waals surface area (Å²) < 4.78 is 37.9. The molecule has 0 aromatic heterocycles. The molecule has 4 saturated carbocycles. The third kappa shape index (κ3) is 18.9. The van der Waals surface area contributed by atoms with Crippen LogP contribution in [0.3, 0.4) is 0 Å². The normalized spacial score (nSPS) is 19.1. The Morgan fingerprint density at radius 2 is 0.640 bits per heavy atom. The van der Waals surface area contributed by atoms with Gasteiger partial charge in [-0.1, -0.05) is 225 Å². The van der Waals surface area contributed by atoms with Crippen LogP contribution in [0.1, 0.15) is 217 Å². The van der Waals surface area contributed by atoms with Crippen LogP contribution in [0.4, 0.5) is 0 Å². The summed E-state index contributed by atoms with van der Waals surface area (Å²) in [5, 5.41) is 9.18. The lowest BCUT2D eigenvalue weighted by Crippen LogP contribution is -2.23. The van der Waals surface area contributed by atoms with Crippen molar-refractivity contribution < 1.29 is 33.2 Å². The lowest BCUT2D eigenvalue weighted by molar-refractivity contribution is 0.103. The molecule has 13 aromatic rings. The molecule has 0 aliphatic heterocycles. The smallest absolute Gasteiger partial charge is 0.193 e. The molecule has 582 valence electrons. The number of hydrogen-bond acceptors (Lipinski definition) is 7. The summed E-state index contributed by atoms with van der Waals surface area (Å²) in [5.74, 6) is 13.7. The molecule has 13 aromatic carbocycles. The summed E-state index contributed by atoms with van der Waals surface area (Å²) in [4.78, 5) is 13.6. The van der Waals surface area contributed by atoms with E-state index in [4.69, 9.17) is 28.4 Å². The zero-order valence-electron chi connectivity index (χ0n) is 67.9. The van der Waals surface area contributed by atoms with E-state index < -0.39 is 0 Å². The number of rotatable bonds is 30. The quantitative estimate of drug-likeness (QED) is 0.0328. The molecule has 0 amide bonds. The van der Waals surface area contributed by atoms with Crippen LogP contribution in [-0.2, 0) is 0 Å². The number of hydrogen-bond donors (Lipinski definition) is 0. The number of benzene rings is 13. The third-order valence-electron chi connectivity index (χ3n) is 25.4. The Morgan fingerprint density at radius 3 is 1.08 bits per heavy atom. The maximum atomic E-state index is 13.6. The molecular formula is C107H112O7. The highest BCUT2D eigenvalue weighted by Gasteiger charge is 2.42. The van der Waals surface area contributed by atoms with Gasteiger partial charge in [0, 0.05) is 11.1 Å². The maximum absolute atomic E-state index is 13.6. The van der Waals surface area contributed by atoms with Crippen molar-refractivity contribution in [2.24, 2.45) is 35.5 Å². The molecule has 12 atom stereocenters. The molecule has 0 heterocycles. The van der Waals surface area contributed by atoms with Crippen LogP contribution in [0.15, 0.2) is 279 Å². The minimum absolute atomic E-state index is 0.0125. The van der Waals surface area contributed by atoms with E-state index in [9.17, 15) is 4.79 Å². The second-order valence-electron chi connectivity index (χ2n) is 34.9. The molecule has 0 saturated heterocycles. The fraction of sp³-hybridized carbons (Fsp3) is 0.336. The van der Waals surface area contributed by atoms with Gasteiger partial charge in [0.25, 0.3) is 0 Å². The summed E-state index contributed by atoms with van der Waals surface area (Å²) in [7, 11) is 0. The Hall–Kier alpha value is -10.6. The molecule has 0 N–H and O–H groups in total.